The zero-order valence-corrected chi connectivity index (χ0v) is 39.3. The Labute approximate surface area is 395 Å². The molecule has 4 saturated heterocycles. The van der Waals surface area contributed by atoms with Crippen molar-refractivity contribution in [2.45, 2.75) is 59.1 Å². The number of nitrogens with one attached hydrogen (secondary N) is 3. The van der Waals surface area contributed by atoms with Crippen molar-refractivity contribution < 1.29 is 33.4 Å². The van der Waals surface area contributed by atoms with Gasteiger partial charge in [-0.15, -0.1) is 0 Å². The fraction of sp³-hybridized carbons (Fsp3) is 0.451. The lowest BCUT2D eigenvalue weighted by Gasteiger charge is -2.39. The van der Waals surface area contributed by atoms with E-state index in [9.17, 15) is 24.3 Å². The van der Waals surface area contributed by atoms with Gasteiger partial charge in [-0.3, -0.25) is 24.7 Å². The summed E-state index contributed by atoms with van der Waals surface area (Å²) in [5.74, 6) is 0.496. The third-order valence-electron chi connectivity index (χ3n) is 14.1. The smallest absolute Gasteiger partial charge is 0.328 e. The third kappa shape index (κ3) is 10.2. The summed E-state index contributed by atoms with van der Waals surface area (Å²) in [5.41, 5.74) is 6.80. The van der Waals surface area contributed by atoms with Crippen LogP contribution in [-0.4, -0.2) is 142 Å². The van der Waals surface area contributed by atoms with Gasteiger partial charge in [0.15, 0.2) is 0 Å². The first-order valence-corrected chi connectivity index (χ1v) is 23.8. The number of carbonyl (C=O) groups is 4. The molecule has 0 saturated carbocycles. The zero-order valence-electron chi connectivity index (χ0n) is 39.3. The first-order chi connectivity index (χ1) is 32.8. The number of methoxy groups -OCH3 is 1. The minimum absolute atomic E-state index is 0.00972. The fourth-order valence-electron chi connectivity index (χ4n) is 10.3. The third-order valence-corrected chi connectivity index (χ3v) is 14.1. The van der Waals surface area contributed by atoms with E-state index >= 15 is 4.39 Å². The average Bonchev–Trinajstić information content (AvgIpc) is 3.94. The monoisotopic (exact) mass is 928 g/mol. The van der Waals surface area contributed by atoms with Crippen molar-refractivity contribution in [3.63, 3.8) is 0 Å². The number of anilines is 2. The van der Waals surface area contributed by atoms with E-state index < -0.39 is 18.0 Å². The van der Waals surface area contributed by atoms with Crippen LogP contribution in [0.2, 0.25) is 0 Å². The molecular weight excluding hydrogens is 868 g/mol. The van der Waals surface area contributed by atoms with Crippen LogP contribution in [0.1, 0.15) is 61.0 Å². The molecule has 17 heteroatoms. The number of urea groups is 2. The number of amides is 6. The number of carbonyl (C=O) groups excluding carboxylic acids is 4. The van der Waals surface area contributed by atoms with E-state index in [2.05, 4.69) is 73.5 Å². The Bertz CT molecular complexity index is 2680. The molecule has 3 aromatic carbocycles. The maximum Gasteiger partial charge on any atom is 0.328 e. The second-order valence-electron chi connectivity index (χ2n) is 19.2. The van der Waals surface area contributed by atoms with Crippen LogP contribution in [0.4, 0.5) is 25.4 Å². The zero-order chi connectivity index (χ0) is 47.6. The highest BCUT2D eigenvalue weighted by Crippen LogP contribution is 2.36. The number of β-amino-alcohol motifs (C(OH)–C–C–N with tert-alkyl or cyclic N) is 1. The molecule has 358 valence electrons. The Kier molecular flexibility index (Phi) is 13.8. The minimum atomic E-state index is -0.585. The Hall–Kier alpha value is -6.43. The van der Waals surface area contributed by atoms with Crippen LogP contribution in [0.3, 0.4) is 0 Å². The summed E-state index contributed by atoms with van der Waals surface area (Å²) < 4.78 is 20.7. The Morgan fingerprint density at radius 2 is 1.66 bits per heavy atom. The van der Waals surface area contributed by atoms with Crippen LogP contribution in [0.15, 0.2) is 67.0 Å². The van der Waals surface area contributed by atoms with E-state index in [-0.39, 0.29) is 43.3 Å². The van der Waals surface area contributed by atoms with Crippen LogP contribution >= 0.6 is 0 Å². The first kappa shape index (κ1) is 46.7. The van der Waals surface area contributed by atoms with Crippen LogP contribution in [0.5, 0.6) is 5.75 Å². The number of ether oxygens (including phenoxy) is 1. The van der Waals surface area contributed by atoms with Gasteiger partial charge in [0.1, 0.15) is 23.5 Å². The van der Waals surface area contributed by atoms with Crippen LogP contribution < -0.4 is 20.3 Å². The second kappa shape index (κ2) is 20.0. The van der Waals surface area contributed by atoms with E-state index in [1.165, 1.54) is 36.0 Å². The van der Waals surface area contributed by atoms with Crippen molar-refractivity contribution in [2.75, 3.05) is 82.8 Å². The molecule has 0 radical (unpaired) electrons. The SMILES string of the molecule is COc1ccc(C(=O)N2CCC(CN3CCN(Cc4ccc(-c5cc6c(-c7cc(F)cc(NC(=O)N8C[C@H](CC(C)C)[C@H](O)C8)c7C)ncnc6[nH]5)cc4)CC3)CC2)cc1N1CCC(=O)NC1=O. The van der Waals surface area contributed by atoms with Gasteiger partial charge in [-0.1, -0.05) is 38.1 Å². The molecule has 16 nitrogen and oxygen atoms in total. The summed E-state index contributed by atoms with van der Waals surface area (Å²) in [4.78, 5) is 73.7. The van der Waals surface area contributed by atoms with Crippen molar-refractivity contribution >= 4 is 46.3 Å². The number of hydrogen-bond donors (Lipinski definition) is 4. The number of aromatic nitrogens is 3. The van der Waals surface area contributed by atoms with Gasteiger partial charge in [-0.05, 0) is 91.1 Å². The van der Waals surface area contributed by atoms with Gasteiger partial charge >= 0.3 is 12.1 Å². The number of H-pyrrole nitrogens is 1. The van der Waals surface area contributed by atoms with E-state index in [0.717, 1.165) is 75.2 Å². The maximum atomic E-state index is 15.2. The normalized spacial score (nSPS) is 19.8. The quantitative estimate of drug-likeness (QED) is 0.105. The van der Waals surface area contributed by atoms with Gasteiger partial charge in [-0.2, -0.15) is 0 Å². The molecular formula is C51H61FN10O6. The van der Waals surface area contributed by atoms with Crippen LogP contribution in [0.25, 0.3) is 33.5 Å². The number of aliphatic hydroxyl groups is 1. The maximum absolute atomic E-state index is 15.2. The molecule has 0 unspecified atom stereocenters. The molecule has 4 fully saturated rings. The molecule has 4 N–H and O–H groups in total. The lowest BCUT2D eigenvalue weighted by molar-refractivity contribution is -0.120. The number of fused-ring (bicyclic) bond motifs is 1. The van der Waals surface area contributed by atoms with Crippen molar-refractivity contribution in [3.8, 4) is 28.3 Å². The number of aromatic amines is 1. The molecule has 5 aromatic rings. The van der Waals surface area contributed by atoms with E-state index in [1.807, 2.05) is 17.9 Å². The first-order valence-electron chi connectivity index (χ1n) is 23.8. The number of aliphatic hydroxyl groups excluding tert-OH is 1. The molecule has 2 atom stereocenters. The Balaban J connectivity index is 0.764. The van der Waals surface area contributed by atoms with Gasteiger partial charge in [0.25, 0.3) is 5.91 Å². The van der Waals surface area contributed by atoms with Crippen LogP contribution in [0, 0.1) is 30.5 Å². The molecule has 4 aliphatic rings. The molecule has 6 heterocycles. The molecule has 6 amide bonds. The van der Waals surface area contributed by atoms with Gasteiger partial charge < -0.3 is 34.8 Å². The van der Waals surface area contributed by atoms with Crippen LogP contribution in [-0.2, 0) is 11.3 Å². The highest BCUT2D eigenvalue weighted by molar-refractivity contribution is 6.07. The van der Waals surface area contributed by atoms with Crippen molar-refractivity contribution in [1.29, 1.82) is 0 Å². The van der Waals surface area contributed by atoms with Crippen molar-refractivity contribution in [3.05, 3.63) is 89.5 Å². The van der Waals surface area contributed by atoms with Gasteiger partial charge in [0, 0.05) is 112 Å². The number of nitrogens with zero attached hydrogens (tertiary/aromatic N) is 7. The summed E-state index contributed by atoms with van der Waals surface area (Å²) in [5, 5.41) is 16.6. The average molecular weight is 929 g/mol. The van der Waals surface area contributed by atoms with E-state index in [1.54, 1.807) is 23.1 Å². The molecule has 9 rings (SSSR count). The second-order valence-corrected chi connectivity index (χ2v) is 19.2. The number of piperidine rings is 1. The topological polar surface area (TPSA) is 180 Å². The molecule has 0 spiro atoms. The minimum Gasteiger partial charge on any atom is -0.495 e. The van der Waals surface area contributed by atoms with Crippen molar-refractivity contribution in [1.82, 2.24) is 39.9 Å². The summed E-state index contributed by atoms with van der Waals surface area (Å²) in [7, 11) is 1.52. The van der Waals surface area contributed by atoms with Crippen molar-refractivity contribution in [2.24, 2.45) is 17.8 Å². The van der Waals surface area contributed by atoms with E-state index in [4.69, 9.17) is 4.74 Å². The summed E-state index contributed by atoms with van der Waals surface area (Å²) in [6.45, 7) is 14.1. The number of rotatable bonds is 12. The van der Waals surface area contributed by atoms with Gasteiger partial charge in [-0.25, -0.2) is 23.9 Å². The fourth-order valence-corrected chi connectivity index (χ4v) is 10.3. The number of likely N-dealkylation sites (tertiary alicyclic amines) is 2. The molecule has 2 aromatic heterocycles. The highest BCUT2D eigenvalue weighted by atomic mass is 19.1. The number of benzene rings is 3. The number of piperazine rings is 1. The largest absolute Gasteiger partial charge is 0.495 e. The summed E-state index contributed by atoms with van der Waals surface area (Å²) in [6.07, 6.45) is 3.74. The molecule has 68 heavy (non-hydrogen) atoms. The lowest BCUT2D eigenvalue weighted by atomic mass is 9.95. The highest BCUT2D eigenvalue weighted by Gasteiger charge is 2.35. The van der Waals surface area contributed by atoms with Gasteiger partial charge in [0.2, 0.25) is 5.91 Å². The Morgan fingerprint density at radius 3 is 2.38 bits per heavy atom. The van der Waals surface area contributed by atoms with E-state index in [0.29, 0.717) is 76.6 Å². The summed E-state index contributed by atoms with van der Waals surface area (Å²) in [6, 6.07) is 17.5. The molecule has 4 aliphatic heterocycles. The predicted octanol–water partition coefficient (Wildman–Crippen LogP) is 6.74. The number of imide groups is 1. The molecule has 0 aliphatic carbocycles. The predicted molar refractivity (Wildman–Crippen MR) is 258 cm³/mol. The Morgan fingerprint density at radius 1 is 0.912 bits per heavy atom. The molecule has 0 bridgehead atoms. The standard InChI is InChI=1S/C51H61FN10O6/c1-31(2)21-37-28-61(29-44(37)63)50(66)56-41-24-38(52)23-39(32(41)3)47-40-25-42(55-48(40)54-30-53-47)35-7-5-33(6-8-35)26-58-17-19-59(20-18-58)27-34-11-14-60(15-12-34)49(65)36-9-10-45(68-4)43(22-36)62-16-13-46(64)57-51(62)67/h5-10,22-25,30-31,34,37,44,63H,11-21,26-29H2,1-4H3,(H,56,66)(H,53,54,55)(H,57,64,67)/t37-,44+/m0/s1. The number of halogens is 1. The number of hydrogen-bond acceptors (Lipinski definition) is 10. The lowest BCUT2D eigenvalue weighted by Crippen LogP contribution is -2.49. The van der Waals surface area contributed by atoms with Gasteiger partial charge in [0.05, 0.1) is 24.6 Å². The summed E-state index contributed by atoms with van der Waals surface area (Å²) >= 11 is 0.